The van der Waals surface area contributed by atoms with Crippen LogP contribution < -0.4 is 0 Å². The van der Waals surface area contributed by atoms with Crippen molar-refractivity contribution in [1.29, 1.82) is 0 Å². The van der Waals surface area contributed by atoms with E-state index in [1.54, 1.807) is 70.8 Å². The van der Waals surface area contributed by atoms with Crippen molar-refractivity contribution < 1.29 is 81.6 Å². The third kappa shape index (κ3) is 18.1. The van der Waals surface area contributed by atoms with Gasteiger partial charge in [0, 0.05) is 78.2 Å². The van der Waals surface area contributed by atoms with Crippen molar-refractivity contribution >= 4 is 42.1 Å². The molecular formula is C55H88N4O17. The Balaban J connectivity index is 1.70. The quantitative estimate of drug-likeness (QED) is 0.110. The normalized spacial score (nSPS) is 33.5. The molecule has 1 aromatic rings. The molecular weight excluding hydrogens is 989 g/mol. The Kier molecular flexibility index (Phi) is 25.8. The number of β-amino-alcohol motifs (C(OH)–C–C–N with tert-alkyl or cyclic N) is 1. The maximum atomic E-state index is 14.2. The van der Waals surface area contributed by atoms with Gasteiger partial charge in [-0.3, -0.25) is 29.0 Å². The minimum atomic E-state index is -1.46. The topological polar surface area (TPSA) is 249 Å². The van der Waals surface area contributed by atoms with E-state index in [9.17, 15) is 39.0 Å². The molecule has 21 nitrogen and oxygen atoms in total. The number of aliphatic hydroxyl groups excluding tert-OH is 2. The number of aliphatic hydroxyl groups is 2. The van der Waals surface area contributed by atoms with Crippen LogP contribution in [0, 0.1) is 11.8 Å². The number of esters is 4. The lowest BCUT2D eigenvalue weighted by Crippen LogP contribution is -2.66. The predicted molar refractivity (Wildman–Crippen MR) is 278 cm³/mol. The molecule has 1 aromatic heterocycles. The summed E-state index contributed by atoms with van der Waals surface area (Å²) < 4.78 is 56.1. The third-order valence-corrected chi connectivity index (χ3v) is 14.6. The second-order valence-electron chi connectivity index (χ2n) is 20.9. The number of ether oxygens (including phenoxy) is 9. The molecule has 5 unspecified atom stereocenters. The highest BCUT2D eigenvalue weighted by molar-refractivity contribution is 5.94. The standard InChI is InChI=1S/C55H88N4O17/c1-14-43(63)72-42-28-45(65)71-40(21-18-20-37-27-39(31-56-30-37)53(67)59(16-3)17-4)22-19-24-58(12)32-41(62)33(5)26-38(23-25-60)50(51(42)68-13)75-54-48(66)47(57(10)11)49(34(6)70-54)74-46-29-55(9,76-36(8)61)52(35(7)69-46)73-44(64)15-2/h18,20,25,27,30-31,33-35,38,40-42,46-52,54,62,66H,14-17,19,21-24,26,28-29,32H2,1-13H3/t33-,34?,35?,38+,40+,41+,42-,46+,47?,48?,49-,50+,51+,52+,54+,55?/m1/s1. The molecule has 1 amide bonds. The molecule has 0 aromatic carbocycles. The van der Waals surface area contributed by atoms with E-state index in [0.29, 0.717) is 50.0 Å². The van der Waals surface area contributed by atoms with E-state index < -0.39 is 127 Å². The molecule has 21 heteroatoms. The molecule has 16 atom stereocenters. The zero-order valence-corrected chi connectivity index (χ0v) is 47.1. The van der Waals surface area contributed by atoms with E-state index in [1.807, 2.05) is 44.9 Å². The molecule has 2 N–H and O–H groups in total. The Morgan fingerprint density at radius 2 is 1.62 bits per heavy atom. The van der Waals surface area contributed by atoms with Crippen molar-refractivity contribution in [3.05, 3.63) is 35.7 Å². The molecule has 4 heterocycles. The predicted octanol–water partition coefficient (Wildman–Crippen LogP) is 4.51. The fourth-order valence-electron chi connectivity index (χ4n) is 10.6. The largest absolute Gasteiger partial charge is 0.462 e. The summed E-state index contributed by atoms with van der Waals surface area (Å²) in [6.07, 6.45) is -4.09. The Morgan fingerprint density at radius 1 is 0.934 bits per heavy atom. The number of cyclic esters (lactones) is 1. The van der Waals surface area contributed by atoms with Crippen LogP contribution in [0.15, 0.2) is 24.5 Å². The second-order valence-corrected chi connectivity index (χ2v) is 20.9. The lowest BCUT2D eigenvalue weighted by Gasteiger charge is -2.50. The first-order chi connectivity index (χ1) is 36.0. The molecule has 0 spiro atoms. The van der Waals surface area contributed by atoms with E-state index >= 15 is 0 Å². The van der Waals surface area contributed by atoms with Gasteiger partial charge in [0.15, 0.2) is 24.3 Å². The van der Waals surface area contributed by atoms with Crippen molar-refractivity contribution in [2.24, 2.45) is 11.8 Å². The number of carbonyl (C=O) groups excluding carboxylic acids is 6. The van der Waals surface area contributed by atoms with Crippen LogP contribution in [0.25, 0.3) is 6.08 Å². The molecule has 76 heavy (non-hydrogen) atoms. The van der Waals surface area contributed by atoms with Crippen molar-refractivity contribution in [2.45, 2.75) is 205 Å². The molecule has 3 aliphatic rings. The van der Waals surface area contributed by atoms with Crippen LogP contribution >= 0.6 is 0 Å². The summed E-state index contributed by atoms with van der Waals surface area (Å²) in [6, 6.07) is 0.914. The van der Waals surface area contributed by atoms with E-state index in [4.69, 9.17) is 42.6 Å². The van der Waals surface area contributed by atoms with Gasteiger partial charge in [0.25, 0.3) is 5.91 Å². The van der Waals surface area contributed by atoms with Crippen LogP contribution in [0.4, 0.5) is 0 Å². The highest BCUT2D eigenvalue weighted by atomic mass is 16.7. The van der Waals surface area contributed by atoms with E-state index in [2.05, 4.69) is 4.98 Å². The first-order valence-corrected chi connectivity index (χ1v) is 27.0. The van der Waals surface area contributed by atoms with Crippen molar-refractivity contribution in [3.63, 3.8) is 0 Å². The molecule has 3 fully saturated rings. The Labute approximate surface area is 449 Å². The molecule has 0 aliphatic carbocycles. The summed E-state index contributed by atoms with van der Waals surface area (Å²) in [5.74, 6) is -3.71. The molecule has 0 bridgehead atoms. The fraction of sp³-hybridized carbons (Fsp3) is 0.764. The highest BCUT2D eigenvalue weighted by Gasteiger charge is 2.54. The number of carbonyl (C=O) groups is 6. The number of rotatable bonds is 19. The van der Waals surface area contributed by atoms with Gasteiger partial charge in [-0.15, -0.1) is 0 Å². The zero-order chi connectivity index (χ0) is 56.4. The van der Waals surface area contributed by atoms with Gasteiger partial charge in [-0.2, -0.15) is 0 Å². The van der Waals surface area contributed by atoms with Crippen LogP contribution in [-0.2, 0) is 66.6 Å². The lowest BCUT2D eigenvalue weighted by atomic mass is 9.82. The first-order valence-electron chi connectivity index (χ1n) is 27.0. The van der Waals surface area contributed by atoms with Gasteiger partial charge in [-0.25, -0.2) is 0 Å². The summed E-state index contributed by atoms with van der Waals surface area (Å²) in [7, 11) is 6.74. The second kappa shape index (κ2) is 30.6. The number of methoxy groups -OCH3 is 1. The maximum absolute atomic E-state index is 14.2. The summed E-state index contributed by atoms with van der Waals surface area (Å²) in [6.45, 7) is 17.2. The van der Waals surface area contributed by atoms with Gasteiger partial charge >= 0.3 is 23.9 Å². The van der Waals surface area contributed by atoms with E-state index in [0.717, 1.165) is 6.29 Å². The number of hydrogen-bond donors (Lipinski definition) is 2. The minimum absolute atomic E-state index is 0.0344. The average molecular weight is 1080 g/mol. The minimum Gasteiger partial charge on any atom is -0.462 e. The molecule has 0 saturated carbocycles. The smallest absolute Gasteiger partial charge is 0.309 e. The van der Waals surface area contributed by atoms with Gasteiger partial charge in [0.1, 0.15) is 36.8 Å². The summed E-state index contributed by atoms with van der Waals surface area (Å²) in [4.78, 5) is 87.9. The number of aldehydes is 1. The van der Waals surface area contributed by atoms with Crippen LogP contribution in [0.2, 0.25) is 0 Å². The van der Waals surface area contributed by atoms with Crippen LogP contribution in [0.3, 0.4) is 0 Å². The van der Waals surface area contributed by atoms with Crippen LogP contribution in [0.1, 0.15) is 136 Å². The lowest BCUT2D eigenvalue weighted by molar-refractivity contribution is -0.344. The first kappa shape index (κ1) is 64.1. The van der Waals surface area contributed by atoms with Crippen molar-refractivity contribution in [1.82, 2.24) is 19.7 Å². The summed E-state index contributed by atoms with van der Waals surface area (Å²) in [5, 5.41) is 24.1. The Bertz CT molecular complexity index is 2060. The number of likely N-dealkylation sites (N-methyl/N-ethyl adjacent to an activating group) is 2. The summed E-state index contributed by atoms with van der Waals surface area (Å²) >= 11 is 0. The van der Waals surface area contributed by atoms with Crippen molar-refractivity contribution in [2.75, 3.05) is 54.4 Å². The number of nitrogens with zero attached hydrogens (tertiary/aromatic N) is 4. The Morgan fingerprint density at radius 3 is 2.24 bits per heavy atom. The van der Waals surface area contributed by atoms with E-state index in [1.165, 1.54) is 20.2 Å². The number of pyridine rings is 1. The molecule has 3 saturated heterocycles. The van der Waals surface area contributed by atoms with Gasteiger partial charge in [0.05, 0.1) is 42.4 Å². The SMILES string of the molecule is CCC(=O)O[C@@H]1CC(=O)O[C@@H](CC=Cc2cncc(C(=O)N(CC)CC)c2)CCCN(C)C[C@H](O)[C@H](C)C[C@H](CC=O)[C@H](O[C@@H]2OC(C)[C@@H](O[C@H]3CC(C)(OC(C)=O)[C@@H](OC(=O)CC)C(C)O3)C(N(C)C)C2O)[C@H]1OC. The van der Waals surface area contributed by atoms with Gasteiger partial charge in [-0.1, -0.05) is 32.9 Å². The number of aromatic nitrogens is 1. The highest BCUT2D eigenvalue weighted by Crippen LogP contribution is 2.39. The molecule has 4 rings (SSSR count). The number of hydrogen-bond acceptors (Lipinski definition) is 20. The molecule has 0 radical (unpaired) electrons. The van der Waals surface area contributed by atoms with Gasteiger partial charge in [-0.05, 0) is 105 Å². The van der Waals surface area contributed by atoms with Crippen molar-refractivity contribution in [3.8, 4) is 0 Å². The molecule has 3 aliphatic heterocycles. The molecule has 430 valence electrons. The number of amides is 1. The van der Waals surface area contributed by atoms with Gasteiger partial charge < -0.3 is 72.3 Å². The van der Waals surface area contributed by atoms with Crippen LogP contribution in [-0.4, -0.2) is 206 Å². The van der Waals surface area contributed by atoms with Gasteiger partial charge in [0.2, 0.25) is 0 Å². The third-order valence-electron chi connectivity index (χ3n) is 14.6. The average Bonchev–Trinajstić information content (AvgIpc) is 3.35. The summed E-state index contributed by atoms with van der Waals surface area (Å²) in [5.41, 5.74) is -0.201. The zero-order valence-electron chi connectivity index (χ0n) is 47.1. The maximum Gasteiger partial charge on any atom is 0.309 e. The Hall–Kier alpha value is -4.45. The fourth-order valence-corrected chi connectivity index (χ4v) is 10.6. The monoisotopic (exact) mass is 1080 g/mol. The van der Waals surface area contributed by atoms with E-state index in [-0.39, 0.29) is 44.6 Å². The van der Waals surface area contributed by atoms with Crippen LogP contribution in [0.5, 0.6) is 0 Å².